The second-order valence-electron chi connectivity index (χ2n) is 4.06. The first-order valence-corrected chi connectivity index (χ1v) is 4.82. The molecule has 96 valence electrons. The van der Waals surface area contributed by atoms with Crippen LogP contribution in [-0.2, 0) is 19.1 Å². The summed E-state index contributed by atoms with van der Waals surface area (Å²) in [4.78, 5) is 22.0. The Labute approximate surface area is 102 Å². The van der Waals surface area contributed by atoms with Crippen LogP contribution < -0.4 is 5.73 Å². The molecule has 0 rings (SSSR count). The minimum absolute atomic E-state index is 0. The molecule has 2 N–H and O–H groups in total. The minimum atomic E-state index is -0.902. The van der Waals surface area contributed by atoms with Gasteiger partial charge in [0.15, 0.2) is 6.10 Å². The Morgan fingerprint density at radius 2 is 1.69 bits per heavy atom. The van der Waals surface area contributed by atoms with Crippen molar-refractivity contribution in [3.05, 3.63) is 0 Å². The molecular formula is C10H20ClNO4. The van der Waals surface area contributed by atoms with Gasteiger partial charge in [0, 0.05) is 13.0 Å². The second kappa shape index (κ2) is 6.70. The number of hydrogen-bond acceptors (Lipinski definition) is 5. The molecule has 0 saturated carbocycles. The fourth-order valence-electron chi connectivity index (χ4n) is 0.732. The van der Waals surface area contributed by atoms with Gasteiger partial charge in [0.25, 0.3) is 0 Å². The molecule has 0 saturated heterocycles. The van der Waals surface area contributed by atoms with E-state index in [2.05, 4.69) is 4.74 Å². The molecule has 0 aromatic rings. The van der Waals surface area contributed by atoms with Crippen molar-refractivity contribution in [2.75, 3.05) is 0 Å². The molecule has 0 aromatic heterocycles. The monoisotopic (exact) mass is 253 g/mol. The highest BCUT2D eigenvalue weighted by Crippen LogP contribution is 2.14. The summed E-state index contributed by atoms with van der Waals surface area (Å²) in [5, 5.41) is 0. The van der Waals surface area contributed by atoms with Crippen LogP contribution in [0.2, 0.25) is 0 Å². The molecule has 0 aromatic carbocycles. The minimum Gasteiger partial charge on any atom is -0.455 e. The van der Waals surface area contributed by atoms with E-state index in [9.17, 15) is 9.59 Å². The predicted molar refractivity (Wildman–Crippen MR) is 62.3 cm³/mol. The van der Waals surface area contributed by atoms with Gasteiger partial charge in [-0.1, -0.05) is 0 Å². The van der Waals surface area contributed by atoms with Crippen molar-refractivity contribution >= 4 is 24.3 Å². The lowest BCUT2D eigenvalue weighted by Gasteiger charge is -2.29. The Morgan fingerprint density at radius 3 is 2.00 bits per heavy atom. The van der Waals surface area contributed by atoms with Crippen molar-refractivity contribution in [1.82, 2.24) is 0 Å². The van der Waals surface area contributed by atoms with Crippen LogP contribution >= 0.6 is 12.4 Å². The zero-order valence-electron chi connectivity index (χ0n) is 10.3. The van der Waals surface area contributed by atoms with Gasteiger partial charge in [0.2, 0.25) is 0 Å². The fourth-order valence-corrected chi connectivity index (χ4v) is 0.732. The van der Waals surface area contributed by atoms with Gasteiger partial charge in [-0.05, 0) is 27.7 Å². The van der Waals surface area contributed by atoms with E-state index in [4.69, 9.17) is 10.5 Å². The van der Waals surface area contributed by atoms with Gasteiger partial charge < -0.3 is 15.2 Å². The summed E-state index contributed by atoms with van der Waals surface area (Å²) < 4.78 is 9.80. The van der Waals surface area contributed by atoms with E-state index in [-0.39, 0.29) is 18.4 Å². The van der Waals surface area contributed by atoms with Crippen LogP contribution in [0.1, 0.15) is 34.6 Å². The highest BCUT2D eigenvalue weighted by molar-refractivity contribution is 5.85. The average Bonchev–Trinajstić information content (AvgIpc) is 2.01. The smallest absolute Gasteiger partial charge is 0.347 e. The molecule has 16 heavy (non-hydrogen) atoms. The Hall–Kier alpha value is -0.810. The van der Waals surface area contributed by atoms with E-state index in [1.54, 1.807) is 20.8 Å². The Morgan fingerprint density at radius 1 is 1.25 bits per heavy atom. The number of ether oxygens (including phenoxy) is 2. The van der Waals surface area contributed by atoms with Gasteiger partial charge in [0.05, 0.1) is 0 Å². The molecule has 0 heterocycles. The van der Waals surface area contributed by atoms with Gasteiger partial charge >= 0.3 is 11.9 Å². The zero-order chi connectivity index (χ0) is 12.2. The molecular weight excluding hydrogens is 234 g/mol. The maximum absolute atomic E-state index is 11.4. The Bertz CT molecular complexity index is 253. The van der Waals surface area contributed by atoms with Gasteiger partial charge in [-0.15, -0.1) is 12.4 Å². The van der Waals surface area contributed by atoms with E-state index >= 15 is 0 Å². The number of hydrogen-bond donors (Lipinski definition) is 1. The third kappa shape index (κ3) is 5.92. The number of nitrogens with two attached hydrogens (primary N) is 1. The van der Waals surface area contributed by atoms with Gasteiger partial charge in [0.1, 0.15) is 5.60 Å². The van der Waals surface area contributed by atoms with Crippen LogP contribution in [0.25, 0.3) is 0 Å². The van der Waals surface area contributed by atoms with Crippen molar-refractivity contribution in [3.63, 3.8) is 0 Å². The summed E-state index contributed by atoms with van der Waals surface area (Å²) in [5.41, 5.74) is 4.86. The molecule has 0 aliphatic rings. The molecule has 5 nitrogen and oxygen atoms in total. The Kier molecular flexibility index (Phi) is 7.37. The maximum atomic E-state index is 11.4. The highest BCUT2D eigenvalue weighted by Gasteiger charge is 2.30. The quantitative estimate of drug-likeness (QED) is 0.757. The first-order valence-electron chi connectivity index (χ1n) is 4.82. The topological polar surface area (TPSA) is 78.6 Å². The molecule has 0 fully saturated rings. The van der Waals surface area contributed by atoms with Crippen LogP contribution in [0.5, 0.6) is 0 Å². The normalized spacial score (nSPS) is 14.4. The molecule has 2 unspecified atom stereocenters. The predicted octanol–water partition coefficient (Wildman–Crippen LogP) is 1.03. The second-order valence-corrected chi connectivity index (χ2v) is 4.06. The first kappa shape index (κ1) is 17.6. The van der Waals surface area contributed by atoms with Crippen LogP contribution in [0.4, 0.5) is 0 Å². The molecule has 6 heteroatoms. The van der Waals surface area contributed by atoms with Crippen LogP contribution in [-0.4, -0.2) is 29.7 Å². The summed E-state index contributed by atoms with van der Waals surface area (Å²) in [7, 11) is 0. The molecule has 0 aliphatic carbocycles. The number of rotatable bonds is 4. The lowest BCUT2D eigenvalue weighted by atomic mass is 10.0. The fraction of sp³-hybridized carbons (Fsp3) is 0.800. The third-order valence-corrected chi connectivity index (χ3v) is 2.13. The number of carbonyl (C=O) groups is 2. The van der Waals surface area contributed by atoms with Crippen molar-refractivity contribution in [2.24, 2.45) is 5.73 Å². The van der Waals surface area contributed by atoms with Crippen LogP contribution in [0.3, 0.4) is 0 Å². The van der Waals surface area contributed by atoms with Crippen molar-refractivity contribution in [3.8, 4) is 0 Å². The molecule has 0 aliphatic heterocycles. The lowest BCUT2D eigenvalue weighted by molar-refractivity contribution is -0.175. The van der Waals surface area contributed by atoms with Gasteiger partial charge in [-0.25, -0.2) is 4.79 Å². The van der Waals surface area contributed by atoms with Crippen molar-refractivity contribution < 1.29 is 19.1 Å². The highest BCUT2D eigenvalue weighted by atomic mass is 35.5. The van der Waals surface area contributed by atoms with Crippen molar-refractivity contribution in [2.45, 2.75) is 52.4 Å². The summed E-state index contributed by atoms with van der Waals surface area (Å²) in [6, 6.07) is -0.300. The third-order valence-electron chi connectivity index (χ3n) is 2.13. The summed E-state index contributed by atoms with van der Waals surface area (Å²) in [5.74, 6) is -1.11. The SMILES string of the molecule is CC(=O)OC(C)C(=O)OC(C)(C)C(C)N.Cl. The largest absolute Gasteiger partial charge is 0.455 e. The number of esters is 2. The maximum Gasteiger partial charge on any atom is 0.347 e. The van der Waals surface area contributed by atoms with Crippen molar-refractivity contribution in [1.29, 1.82) is 0 Å². The van der Waals surface area contributed by atoms with Crippen LogP contribution in [0, 0.1) is 0 Å². The van der Waals surface area contributed by atoms with E-state index in [0.717, 1.165) is 0 Å². The first-order chi connectivity index (χ1) is 6.66. The van der Waals surface area contributed by atoms with E-state index in [1.165, 1.54) is 13.8 Å². The zero-order valence-corrected chi connectivity index (χ0v) is 11.1. The standard InChI is InChI=1S/C10H19NO4.ClH/c1-6(14-8(3)12)9(13)15-10(4,5)7(2)11;/h6-7H,11H2,1-5H3;1H. The average molecular weight is 254 g/mol. The van der Waals surface area contributed by atoms with Crippen LogP contribution in [0.15, 0.2) is 0 Å². The molecule has 0 spiro atoms. The number of halogens is 1. The van der Waals surface area contributed by atoms with E-state index in [0.29, 0.717) is 0 Å². The molecule has 0 bridgehead atoms. The molecule has 2 atom stereocenters. The summed E-state index contributed by atoms with van der Waals surface area (Å²) in [6.45, 7) is 7.84. The Balaban J connectivity index is 0. The molecule has 0 amide bonds. The summed E-state index contributed by atoms with van der Waals surface area (Å²) in [6.07, 6.45) is -0.902. The van der Waals surface area contributed by atoms with E-state index < -0.39 is 23.6 Å². The lowest BCUT2D eigenvalue weighted by Crippen LogP contribution is -2.46. The summed E-state index contributed by atoms with van der Waals surface area (Å²) >= 11 is 0. The number of carbonyl (C=O) groups excluding carboxylic acids is 2. The molecule has 0 radical (unpaired) electrons. The van der Waals surface area contributed by atoms with Gasteiger partial charge in [-0.3, -0.25) is 4.79 Å². The van der Waals surface area contributed by atoms with E-state index in [1.807, 2.05) is 0 Å². The van der Waals surface area contributed by atoms with Gasteiger partial charge in [-0.2, -0.15) is 0 Å².